The van der Waals surface area contributed by atoms with Crippen molar-refractivity contribution in [1.82, 2.24) is 4.31 Å². The SMILES string of the molecule is N#Cc1ccc(N2CCN(S(=O)(=O)c3ccccc3Cl)CC2)c(Br)c1. The predicted octanol–water partition coefficient (Wildman–Crippen LogP) is 3.49. The van der Waals surface area contributed by atoms with Gasteiger partial charge in [0.05, 0.1) is 22.3 Å². The second-order valence-electron chi connectivity index (χ2n) is 5.60. The molecule has 1 saturated heterocycles. The van der Waals surface area contributed by atoms with Crippen LogP contribution in [0, 0.1) is 11.3 Å². The highest BCUT2D eigenvalue weighted by Crippen LogP contribution is 2.30. The van der Waals surface area contributed by atoms with Crippen molar-refractivity contribution >= 4 is 43.2 Å². The van der Waals surface area contributed by atoms with Gasteiger partial charge in [-0.3, -0.25) is 0 Å². The van der Waals surface area contributed by atoms with Crippen molar-refractivity contribution in [3.63, 3.8) is 0 Å². The Morgan fingerprint density at radius 2 is 1.76 bits per heavy atom. The van der Waals surface area contributed by atoms with Crippen molar-refractivity contribution in [2.24, 2.45) is 0 Å². The number of anilines is 1. The number of nitriles is 1. The number of nitrogens with zero attached hydrogens (tertiary/aromatic N) is 3. The summed E-state index contributed by atoms with van der Waals surface area (Å²) in [6.45, 7) is 1.88. The lowest BCUT2D eigenvalue weighted by molar-refractivity contribution is 0.385. The summed E-state index contributed by atoms with van der Waals surface area (Å²) in [6.07, 6.45) is 0. The minimum atomic E-state index is -3.60. The van der Waals surface area contributed by atoms with E-state index in [-0.39, 0.29) is 9.92 Å². The summed E-state index contributed by atoms with van der Waals surface area (Å²) in [7, 11) is -3.60. The molecule has 5 nitrogen and oxygen atoms in total. The smallest absolute Gasteiger partial charge is 0.244 e. The van der Waals surface area contributed by atoms with Crippen LogP contribution in [0.4, 0.5) is 5.69 Å². The average Bonchev–Trinajstić information content (AvgIpc) is 2.62. The van der Waals surface area contributed by atoms with Gasteiger partial charge in [0.15, 0.2) is 0 Å². The molecule has 8 heteroatoms. The van der Waals surface area contributed by atoms with Crippen LogP contribution in [-0.4, -0.2) is 38.9 Å². The molecule has 0 radical (unpaired) electrons. The molecule has 1 heterocycles. The van der Waals surface area contributed by atoms with E-state index in [0.717, 1.165) is 10.2 Å². The van der Waals surface area contributed by atoms with Gasteiger partial charge in [-0.1, -0.05) is 23.7 Å². The molecule has 3 rings (SSSR count). The maximum absolute atomic E-state index is 12.8. The van der Waals surface area contributed by atoms with Crippen molar-refractivity contribution in [2.45, 2.75) is 4.90 Å². The quantitative estimate of drug-likeness (QED) is 0.733. The Kier molecular flexibility index (Phi) is 5.35. The Hall–Kier alpha value is -1.59. The molecule has 1 fully saturated rings. The molecule has 130 valence electrons. The molecule has 2 aromatic carbocycles. The highest BCUT2D eigenvalue weighted by Gasteiger charge is 2.30. The maximum Gasteiger partial charge on any atom is 0.244 e. The molecule has 2 aromatic rings. The minimum Gasteiger partial charge on any atom is -0.368 e. The summed E-state index contributed by atoms with van der Waals surface area (Å²) in [4.78, 5) is 2.24. The van der Waals surface area contributed by atoms with Gasteiger partial charge in [0.1, 0.15) is 4.90 Å². The van der Waals surface area contributed by atoms with Crippen molar-refractivity contribution in [1.29, 1.82) is 5.26 Å². The first-order valence-corrected chi connectivity index (χ1v) is 10.2. The zero-order chi connectivity index (χ0) is 18.0. The first-order chi connectivity index (χ1) is 11.9. The van der Waals surface area contributed by atoms with E-state index in [1.165, 1.54) is 10.4 Å². The van der Waals surface area contributed by atoms with Crippen LogP contribution in [0.15, 0.2) is 51.8 Å². The van der Waals surface area contributed by atoms with Gasteiger partial charge in [-0.15, -0.1) is 0 Å². The molecule has 0 bridgehead atoms. The van der Waals surface area contributed by atoms with Gasteiger partial charge in [0.25, 0.3) is 0 Å². The Bertz CT molecular complexity index is 935. The Morgan fingerprint density at radius 1 is 1.08 bits per heavy atom. The predicted molar refractivity (Wildman–Crippen MR) is 101 cm³/mol. The van der Waals surface area contributed by atoms with Crippen LogP contribution in [-0.2, 0) is 10.0 Å². The first-order valence-electron chi connectivity index (χ1n) is 7.63. The van der Waals surface area contributed by atoms with E-state index in [1.807, 2.05) is 6.07 Å². The van der Waals surface area contributed by atoms with Gasteiger partial charge >= 0.3 is 0 Å². The number of rotatable bonds is 3. The summed E-state index contributed by atoms with van der Waals surface area (Å²) in [5, 5.41) is 9.19. The van der Waals surface area contributed by atoms with E-state index >= 15 is 0 Å². The van der Waals surface area contributed by atoms with E-state index in [0.29, 0.717) is 31.7 Å². The zero-order valence-electron chi connectivity index (χ0n) is 13.2. The molecule has 0 N–H and O–H groups in total. The van der Waals surface area contributed by atoms with Crippen molar-refractivity contribution in [3.05, 3.63) is 57.5 Å². The number of piperazine rings is 1. The third-order valence-electron chi connectivity index (χ3n) is 4.11. The molecule has 0 amide bonds. The average molecular weight is 441 g/mol. The van der Waals surface area contributed by atoms with Gasteiger partial charge in [0, 0.05) is 30.7 Å². The Balaban J connectivity index is 1.76. The third kappa shape index (κ3) is 3.67. The fraction of sp³-hybridized carbons (Fsp3) is 0.235. The lowest BCUT2D eigenvalue weighted by atomic mass is 10.2. The van der Waals surface area contributed by atoms with Crippen molar-refractivity contribution in [3.8, 4) is 6.07 Å². The fourth-order valence-electron chi connectivity index (χ4n) is 2.80. The molecule has 0 aromatic heterocycles. The van der Waals surface area contributed by atoms with Gasteiger partial charge in [-0.25, -0.2) is 8.42 Å². The number of benzene rings is 2. The van der Waals surface area contributed by atoms with Crippen LogP contribution >= 0.6 is 27.5 Å². The largest absolute Gasteiger partial charge is 0.368 e. The topological polar surface area (TPSA) is 64.4 Å². The fourth-order valence-corrected chi connectivity index (χ4v) is 5.34. The third-order valence-corrected chi connectivity index (χ3v) is 7.14. The molecule has 0 saturated carbocycles. The molecule has 0 unspecified atom stereocenters. The summed E-state index contributed by atoms with van der Waals surface area (Å²) in [6, 6.07) is 14.0. The van der Waals surface area contributed by atoms with Crippen LogP contribution in [0.2, 0.25) is 5.02 Å². The summed E-state index contributed by atoms with van der Waals surface area (Å²) < 4.78 is 27.8. The van der Waals surface area contributed by atoms with E-state index in [2.05, 4.69) is 26.9 Å². The lowest BCUT2D eigenvalue weighted by Gasteiger charge is -2.36. The summed E-state index contributed by atoms with van der Waals surface area (Å²) in [5.41, 5.74) is 1.53. The number of sulfonamides is 1. The van der Waals surface area contributed by atoms with Gasteiger partial charge in [0.2, 0.25) is 10.0 Å². The van der Waals surface area contributed by atoms with Gasteiger partial charge in [-0.2, -0.15) is 9.57 Å². The summed E-state index contributed by atoms with van der Waals surface area (Å²) in [5.74, 6) is 0. The standard InChI is InChI=1S/C17H15BrClN3O2S/c18-14-11-13(12-20)5-6-16(14)21-7-9-22(10-8-21)25(23,24)17-4-2-1-3-15(17)19/h1-6,11H,7-10H2. The molecule has 25 heavy (non-hydrogen) atoms. The van der Waals surface area contributed by atoms with Crippen LogP contribution < -0.4 is 4.90 Å². The Morgan fingerprint density at radius 3 is 2.36 bits per heavy atom. The van der Waals surface area contributed by atoms with Crippen LogP contribution in [0.25, 0.3) is 0 Å². The zero-order valence-corrected chi connectivity index (χ0v) is 16.4. The van der Waals surface area contributed by atoms with Crippen LogP contribution in [0.5, 0.6) is 0 Å². The van der Waals surface area contributed by atoms with Crippen LogP contribution in [0.1, 0.15) is 5.56 Å². The number of hydrogen-bond donors (Lipinski definition) is 0. The van der Waals surface area contributed by atoms with Crippen LogP contribution in [0.3, 0.4) is 0 Å². The normalized spacial score (nSPS) is 15.8. The van der Waals surface area contributed by atoms with Crippen molar-refractivity contribution < 1.29 is 8.42 Å². The minimum absolute atomic E-state index is 0.143. The molecular weight excluding hydrogens is 426 g/mol. The van der Waals surface area contributed by atoms with Crippen molar-refractivity contribution in [2.75, 3.05) is 31.1 Å². The Labute approximate surface area is 160 Å². The molecule has 0 spiro atoms. The highest BCUT2D eigenvalue weighted by molar-refractivity contribution is 9.10. The lowest BCUT2D eigenvalue weighted by Crippen LogP contribution is -2.48. The molecular formula is C17H15BrClN3O2S. The van der Waals surface area contributed by atoms with E-state index in [9.17, 15) is 8.42 Å². The number of halogens is 2. The van der Waals surface area contributed by atoms with E-state index in [1.54, 1.807) is 30.3 Å². The number of hydrogen-bond acceptors (Lipinski definition) is 4. The highest BCUT2D eigenvalue weighted by atomic mass is 79.9. The first kappa shape index (κ1) is 18.2. The second-order valence-corrected chi connectivity index (χ2v) is 8.77. The maximum atomic E-state index is 12.8. The van der Waals surface area contributed by atoms with E-state index < -0.39 is 10.0 Å². The van der Waals surface area contributed by atoms with E-state index in [4.69, 9.17) is 16.9 Å². The molecule has 1 aliphatic heterocycles. The van der Waals surface area contributed by atoms with Gasteiger partial charge in [-0.05, 0) is 46.3 Å². The second kappa shape index (κ2) is 7.34. The summed E-state index contributed by atoms with van der Waals surface area (Å²) >= 11 is 9.54. The molecule has 1 aliphatic rings. The molecule has 0 atom stereocenters. The monoisotopic (exact) mass is 439 g/mol. The molecule has 0 aliphatic carbocycles. The van der Waals surface area contributed by atoms with Gasteiger partial charge < -0.3 is 4.90 Å².